The third-order valence-corrected chi connectivity index (χ3v) is 3.11. The van der Waals surface area contributed by atoms with E-state index in [0.717, 1.165) is 6.07 Å². The lowest BCUT2D eigenvalue weighted by Crippen LogP contribution is -2.41. The van der Waals surface area contributed by atoms with Crippen LogP contribution in [0.25, 0.3) is 0 Å². The largest absolute Gasteiger partial charge is 0.487 e. The van der Waals surface area contributed by atoms with Gasteiger partial charge < -0.3 is 9.15 Å². The first-order valence-corrected chi connectivity index (χ1v) is 7.00. The molecule has 0 aliphatic rings. The Bertz CT molecular complexity index is 783. The first kappa shape index (κ1) is 17.0. The van der Waals surface area contributed by atoms with Crippen LogP contribution in [0.3, 0.4) is 0 Å². The van der Waals surface area contributed by atoms with E-state index in [0.29, 0.717) is 5.76 Å². The lowest BCUT2D eigenvalue weighted by atomic mass is 10.2. The Balaban J connectivity index is 2.09. The van der Waals surface area contributed by atoms with Gasteiger partial charge in [0.2, 0.25) is 0 Å². The zero-order valence-electron chi connectivity index (χ0n) is 13.0. The number of carbonyl (C=O) groups is 2. The van der Waals surface area contributed by atoms with Crippen molar-refractivity contribution >= 4 is 17.5 Å². The van der Waals surface area contributed by atoms with Crippen LogP contribution in [0.2, 0.25) is 0 Å². The fraction of sp³-hybridized carbons (Fsp3) is 0.200. The number of hydrogen-bond acceptors (Lipinski definition) is 6. The van der Waals surface area contributed by atoms with E-state index in [1.807, 2.05) is 0 Å². The van der Waals surface area contributed by atoms with Crippen molar-refractivity contribution < 1.29 is 23.7 Å². The van der Waals surface area contributed by atoms with Gasteiger partial charge in [0, 0.05) is 11.6 Å². The maximum absolute atomic E-state index is 12.0. The summed E-state index contributed by atoms with van der Waals surface area (Å²) in [6.45, 7) is 3.55. The Morgan fingerprint density at radius 3 is 2.54 bits per heavy atom. The Kier molecular flexibility index (Phi) is 5.15. The summed E-state index contributed by atoms with van der Waals surface area (Å²) in [6, 6.07) is 5.23. The summed E-state index contributed by atoms with van der Waals surface area (Å²) in [5.74, 6) is -0.791. The molecule has 2 rings (SSSR count). The number of hydrogen-bond donors (Lipinski definition) is 2. The van der Waals surface area contributed by atoms with Gasteiger partial charge in [0.25, 0.3) is 11.8 Å². The van der Waals surface area contributed by atoms with Crippen molar-refractivity contribution in [3.05, 3.63) is 57.5 Å². The highest BCUT2D eigenvalue weighted by Gasteiger charge is 2.19. The third kappa shape index (κ3) is 3.69. The van der Waals surface area contributed by atoms with Crippen LogP contribution in [0.15, 0.2) is 34.9 Å². The van der Waals surface area contributed by atoms with E-state index >= 15 is 0 Å². The van der Waals surface area contributed by atoms with Crippen molar-refractivity contribution in [1.82, 2.24) is 10.9 Å². The van der Waals surface area contributed by atoms with E-state index in [2.05, 4.69) is 10.9 Å². The fourth-order valence-electron chi connectivity index (χ4n) is 1.95. The number of nitro groups is 1. The topological polar surface area (TPSA) is 124 Å². The minimum atomic E-state index is -0.698. The van der Waals surface area contributed by atoms with E-state index in [-0.39, 0.29) is 29.2 Å². The first-order chi connectivity index (χ1) is 11.4. The van der Waals surface area contributed by atoms with E-state index in [4.69, 9.17) is 9.15 Å². The molecule has 0 bridgehead atoms. The molecule has 1 aromatic carbocycles. The van der Waals surface area contributed by atoms with Gasteiger partial charge in [-0.1, -0.05) is 0 Å². The van der Waals surface area contributed by atoms with Crippen molar-refractivity contribution in [2.24, 2.45) is 0 Å². The number of aryl methyl sites for hydroxylation is 1. The molecule has 9 nitrogen and oxygen atoms in total. The van der Waals surface area contributed by atoms with Gasteiger partial charge in [-0.15, -0.1) is 0 Å². The van der Waals surface area contributed by atoms with E-state index < -0.39 is 16.7 Å². The molecule has 0 fully saturated rings. The number of carbonyl (C=O) groups excluding carboxylic acids is 2. The summed E-state index contributed by atoms with van der Waals surface area (Å²) < 4.78 is 10.1. The van der Waals surface area contributed by atoms with Crippen molar-refractivity contribution in [1.29, 1.82) is 0 Å². The summed E-state index contributed by atoms with van der Waals surface area (Å²) in [7, 11) is 0. The van der Waals surface area contributed by atoms with Crippen LogP contribution in [0, 0.1) is 17.0 Å². The molecular formula is C15H15N3O6. The summed E-state index contributed by atoms with van der Waals surface area (Å²) in [5, 5.41) is 11.0. The molecule has 0 saturated heterocycles. The molecule has 2 amide bonds. The number of nitrogens with one attached hydrogen (secondary N) is 2. The number of nitrogens with zero attached hydrogens (tertiary/aromatic N) is 1. The van der Waals surface area contributed by atoms with Crippen molar-refractivity contribution in [3.63, 3.8) is 0 Å². The number of rotatable bonds is 5. The van der Waals surface area contributed by atoms with Crippen LogP contribution in [0.5, 0.6) is 5.75 Å². The number of amides is 2. The Morgan fingerprint density at radius 2 is 1.96 bits per heavy atom. The number of hydrazine groups is 1. The van der Waals surface area contributed by atoms with Crippen LogP contribution < -0.4 is 15.6 Å². The first-order valence-electron chi connectivity index (χ1n) is 7.00. The minimum Gasteiger partial charge on any atom is -0.487 e. The average molecular weight is 333 g/mol. The molecule has 0 aliphatic heterocycles. The highest BCUT2D eigenvalue weighted by Crippen LogP contribution is 2.27. The molecule has 1 heterocycles. The predicted molar refractivity (Wildman–Crippen MR) is 82.6 cm³/mol. The zero-order valence-corrected chi connectivity index (χ0v) is 13.0. The molecule has 0 unspecified atom stereocenters. The highest BCUT2D eigenvalue weighted by molar-refractivity contribution is 5.99. The highest BCUT2D eigenvalue weighted by atomic mass is 16.6. The second-order valence-corrected chi connectivity index (χ2v) is 4.67. The zero-order chi connectivity index (χ0) is 17.7. The number of benzene rings is 1. The second-order valence-electron chi connectivity index (χ2n) is 4.67. The van der Waals surface area contributed by atoms with Gasteiger partial charge in [0.1, 0.15) is 5.76 Å². The summed E-state index contributed by atoms with van der Waals surface area (Å²) in [6.07, 6.45) is 1.35. The predicted octanol–water partition coefficient (Wildman–Crippen LogP) is 1.97. The monoisotopic (exact) mass is 333 g/mol. The molecular weight excluding hydrogens is 318 g/mol. The standard InChI is InChI=1S/C15H15N3O6/c1-3-23-13-5-4-10(8-12(13)18(21)22)14(19)16-17-15(20)11-6-7-24-9(11)2/h4-8H,3H2,1-2H3,(H,16,19)(H,17,20). The van der Waals surface area contributed by atoms with Gasteiger partial charge in [-0.3, -0.25) is 30.6 Å². The SMILES string of the molecule is CCOc1ccc(C(=O)NNC(=O)c2ccoc2C)cc1[N+](=O)[O-]. The van der Waals surface area contributed by atoms with Crippen molar-refractivity contribution in [2.75, 3.05) is 6.61 Å². The number of ether oxygens (including phenoxy) is 1. The smallest absolute Gasteiger partial charge is 0.311 e. The van der Waals surface area contributed by atoms with Crippen LogP contribution in [-0.2, 0) is 0 Å². The van der Waals surface area contributed by atoms with Gasteiger partial charge >= 0.3 is 5.69 Å². The van der Waals surface area contributed by atoms with Gasteiger partial charge in [-0.2, -0.15) is 0 Å². The average Bonchev–Trinajstić information content (AvgIpc) is 2.99. The van der Waals surface area contributed by atoms with E-state index in [1.54, 1.807) is 13.8 Å². The molecule has 2 N–H and O–H groups in total. The maximum atomic E-state index is 12.0. The summed E-state index contributed by atoms with van der Waals surface area (Å²) in [4.78, 5) is 34.3. The number of nitro benzene ring substituents is 1. The third-order valence-electron chi connectivity index (χ3n) is 3.11. The Morgan fingerprint density at radius 1 is 1.25 bits per heavy atom. The van der Waals surface area contributed by atoms with Crippen LogP contribution in [0.4, 0.5) is 5.69 Å². The lowest BCUT2D eigenvalue weighted by molar-refractivity contribution is -0.385. The summed E-state index contributed by atoms with van der Waals surface area (Å²) >= 11 is 0. The van der Waals surface area contributed by atoms with E-state index in [1.165, 1.54) is 24.5 Å². The van der Waals surface area contributed by atoms with Gasteiger partial charge in [-0.05, 0) is 32.0 Å². The molecule has 9 heteroatoms. The van der Waals surface area contributed by atoms with Crippen LogP contribution in [0.1, 0.15) is 33.4 Å². The maximum Gasteiger partial charge on any atom is 0.311 e. The summed E-state index contributed by atoms with van der Waals surface area (Å²) in [5.41, 5.74) is 4.35. The Hall–Kier alpha value is -3.36. The fourth-order valence-corrected chi connectivity index (χ4v) is 1.95. The second kappa shape index (κ2) is 7.27. The van der Waals surface area contributed by atoms with Crippen molar-refractivity contribution in [3.8, 4) is 5.75 Å². The molecule has 0 saturated carbocycles. The van der Waals surface area contributed by atoms with Crippen LogP contribution in [-0.4, -0.2) is 23.3 Å². The molecule has 2 aromatic rings. The van der Waals surface area contributed by atoms with Gasteiger partial charge in [0.05, 0.1) is 23.4 Å². The molecule has 126 valence electrons. The molecule has 1 aromatic heterocycles. The molecule has 0 atom stereocenters. The molecule has 0 radical (unpaired) electrons. The molecule has 24 heavy (non-hydrogen) atoms. The molecule has 0 aliphatic carbocycles. The van der Waals surface area contributed by atoms with E-state index in [9.17, 15) is 19.7 Å². The van der Waals surface area contributed by atoms with Gasteiger partial charge in [0.15, 0.2) is 5.75 Å². The van der Waals surface area contributed by atoms with Crippen molar-refractivity contribution in [2.45, 2.75) is 13.8 Å². The normalized spacial score (nSPS) is 10.1. The van der Waals surface area contributed by atoms with Gasteiger partial charge in [-0.25, -0.2) is 0 Å². The van der Waals surface area contributed by atoms with Crippen LogP contribution >= 0.6 is 0 Å². The Labute approximate surface area is 136 Å². The lowest BCUT2D eigenvalue weighted by Gasteiger charge is -2.08. The number of furan rings is 1. The minimum absolute atomic E-state index is 0.00867. The molecule has 0 spiro atoms. The quantitative estimate of drug-likeness (QED) is 0.637.